The highest BCUT2D eigenvalue weighted by Gasteiger charge is 2.11. The summed E-state index contributed by atoms with van der Waals surface area (Å²) in [7, 11) is 2.00. The third kappa shape index (κ3) is 4.01. The first-order chi connectivity index (χ1) is 8.92. The molecule has 1 N–H and O–H groups in total. The van der Waals surface area contributed by atoms with Crippen molar-refractivity contribution >= 4 is 0 Å². The summed E-state index contributed by atoms with van der Waals surface area (Å²) in [4.78, 5) is 0. The summed E-state index contributed by atoms with van der Waals surface area (Å²) in [5, 5.41) is 3.26. The predicted molar refractivity (Wildman–Crippen MR) is 80.0 cm³/mol. The van der Waals surface area contributed by atoms with Gasteiger partial charge in [-0.3, -0.25) is 0 Å². The third-order valence-corrected chi connectivity index (χ3v) is 2.81. The van der Waals surface area contributed by atoms with E-state index in [1.807, 2.05) is 20.9 Å². The van der Waals surface area contributed by atoms with E-state index in [4.69, 9.17) is 0 Å². The molecule has 0 bridgehead atoms. The number of hydrogen-bond acceptors (Lipinski definition) is 1. The van der Waals surface area contributed by atoms with Crippen molar-refractivity contribution in [3.63, 3.8) is 0 Å². The van der Waals surface area contributed by atoms with E-state index in [2.05, 4.69) is 66.0 Å². The van der Waals surface area contributed by atoms with Crippen molar-refractivity contribution in [1.82, 2.24) is 5.32 Å². The Balaban J connectivity index is 0.000000771. The molecule has 0 radical (unpaired) electrons. The zero-order chi connectivity index (χ0) is 13.2. The van der Waals surface area contributed by atoms with Crippen LogP contribution in [0.2, 0.25) is 0 Å². The lowest BCUT2D eigenvalue weighted by Crippen LogP contribution is -2.18. The first-order valence-corrected chi connectivity index (χ1v) is 6.66. The zero-order valence-electron chi connectivity index (χ0n) is 11.6. The Morgan fingerprint density at radius 1 is 0.778 bits per heavy atom. The molecule has 0 aliphatic carbocycles. The van der Waals surface area contributed by atoms with E-state index >= 15 is 0 Å². The molecule has 0 heterocycles. The summed E-state index contributed by atoms with van der Waals surface area (Å²) in [6.45, 7) is 4.97. The van der Waals surface area contributed by atoms with Crippen molar-refractivity contribution in [3.05, 3.63) is 71.8 Å². The van der Waals surface area contributed by atoms with Crippen LogP contribution in [-0.4, -0.2) is 13.6 Å². The molecule has 0 amide bonds. The summed E-state index contributed by atoms with van der Waals surface area (Å²) in [6, 6.07) is 21.3. The molecule has 0 unspecified atom stereocenters. The van der Waals surface area contributed by atoms with Crippen LogP contribution in [0.4, 0.5) is 0 Å². The molecule has 1 nitrogen and oxygen atoms in total. The number of hydrogen-bond donors (Lipinski definition) is 1. The molecule has 0 saturated carbocycles. The predicted octanol–water partition coefficient (Wildman–Crippen LogP) is 4.06. The summed E-state index contributed by atoms with van der Waals surface area (Å²) in [6.07, 6.45) is 0. The second-order valence-electron chi connectivity index (χ2n) is 3.93. The molecule has 2 rings (SSSR count). The highest BCUT2D eigenvalue weighted by molar-refractivity contribution is 5.32. The number of nitrogens with one attached hydrogen (secondary N) is 1. The van der Waals surface area contributed by atoms with Gasteiger partial charge in [0.1, 0.15) is 0 Å². The Morgan fingerprint density at radius 3 is 1.50 bits per heavy atom. The minimum Gasteiger partial charge on any atom is -0.319 e. The SMILES string of the molecule is CC.CNCC(c1ccccc1)c1ccccc1. The Morgan fingerprint density at radius 2 is 1.17 bits per heavy atom. The molecular formula is C17H23N. The minimum absolute atomic E-state index is 0.437. The largest absolute Gasteiger partial charge is 0.319 e. The molecule has 0 aliphatic rings. The molecule has 18 heavy (non-hydrogen) atoms. The van der Waals surface area contributed by atoms with E-state index in [1.165, 1.54) is 11.1 Å². The van der Waals surface area contributed by atoms with Gasteiger partial charge in [-0.1, -0.05) is 74.5 Å². The normalized spacial score (nSPS) is 9.78. The fraction of sp³-hybridized carbons (Fsp3) is 0.294. The van der Waals surface area contributed by atoms with Crippen molar-refractivity contribution in [2.45, 2.75) is 19.8 Å². The highest BCUT2D eigenvalue weighted by atomic mass is 14.8. The van der Waals surface area contributed by atoms with E-state index in [9.17, 15) is 0 Å². The summed E-state index contributed by atoms with van der Waals surface area (Å²) in [5.74, 6) is 0.437. The molecule has 0 saturated heterocycles. The van der Waals surface area contributed by atoms with E-state index < -0.39 is 0 Å². The van der Waals surface area contributed by atoms with Crippen LogP contribution < -0.4 is 5.32 Å². The monoisotopic (exact) mass is 241 g/mol. The van der Waals surface area contributed by atoms with Crippen molar-refractivity contribution in [3.8, 4) is 0 Å². The van der Waals surface area contributed by atoms with Gasteiger partial charge in [-0.25, -0.2) is 0 Å². The Hall–Kier alpha value is -1.60. The van der Waals surface area contributed by atoms with Gasteiger partial charge in [0.2, 0.25) is 0 Å². The molecular weight excluding hydrogens is 218 g/mol. The highest BCUT2D eigenvalue weighted by Crippen LogP contribution is 2.23. The van der Waals surface area contributed by atoms with Gasteiger partial charge in [0.15, 0.2) is 0 Å². The van der Waals surface area contributed by atoms with Crippen LogP contribution in [0.3, 0.4) is 0 Å². The van der Waals surface area contributed by atoms with Crippen molar-refractivity contribution in [1.29, 1.82) is 0 Å². The average molecular weight is 241 g/mol. The van der Waals surface area contributed by atoms with Gasteiger partial charge >= 0.3 is 0 Å². The fourth-order valence-electron chi connectivity index (χ4n) is 2.00. The second kappa shape index (κ2) is 8.48. The molecule has 2 aromatic rings. The zero-order valence-corrected chi connectivity index (χ0v) is 11.6. The smallest absolute Gasteiger partial charge is 0.0214 e. The molecule has 0 atom stereocenters. The Labute approximate surface area is 111 Å². The fourth-order valence-corrected chi connectivity index (χ4v) is 2.00. The maximum atomic E-state index is 3.26. The van der Waals surface area contributed by atoms with Crippen molar-refractivity contribution in [2.75, 3.05) is 13.6 Å². The van der Waals surface area contributed by atoms with E-state index in [1.54, 1.807) is 0 Å². The number of rotatable bonds is 4. The van der Waals surface area contributed by atoms with Gasteiger partial charge in [-0.05, 0) is 18.2 Å². The van der Waals surface area contributed by atoms with Crippen molar-refractivity contribution in [2.24, 2.45) is 0 Å². The molecule has 2 aromatic carbocycles. The lowest BCUT2D eigenvalue weighted by molar-refractivity contribution is 0.708. The molecule has 0 aromatic heterocycles. The van der Waals surface area contributed by atoms with E-state index in [0.717, 1.165) is 6.54 Å². The maximum absolute atomic E-state index is 3.26. The van der Waals surface area contributed by atoms with Crippen LogP contribution in [0.5, 0.6) is 0 Å². The van der Waals surface area contributed by atoms with Gasteiger partial charge in [-0.15, -0.1) is 0 Å². The van der Waals surface area contributed by atoms with Gasteiger partial charge in [0.05, 0.1) is 0 Å². The Kier molecular flexibility index (Phi) is 6.82. The van der Waals surface area contributed by atoms with Gasteiger partial charge in [0, 0.05) is 12.5 Å². The van der Waals surface area contributed by atoms with Crippen LogP contribution in [0, 0.1) is 0 Å². The van der Waals surface area contributed by atoms with Crippen LogP contribution >= 0.6 is 0 Å². The van der Waals surface area contributed by atoms with Crippen LogP contribution in [-0.2, 0) is 0 Å². The third-order valence-electron chi connectivity index (χ3n) is 2.81. The quantitative estimate of drug-likeness (QED) is 0.851. The van der Waals surface area contributed by atoms with Gasteiger partial charge in [-0.2, -0.15) is 0 Å². The second-order valence-corrected chi connectivity index (χ2v) is 3.93. The molecule has 1 heteroatoms. The lowest BCUT2D eigenvalue weighted by atomic mass is 9.91. The molecule has 0 aliphatic heterocycles. The topological polar surface area (TPSA) is 12.0 Å². The summed E-state index contributed by atoms with van der Waals surface area (Å²) >= 11 is 0. The lowest BCUT2D eigenvalue weighted by Gasteiger charge is -2.17. The summed E-state index contributed by atoms with van der Waals surface area (Å²) in [5.41, 5.74) is 2.73. The first kappa shape index (κ1) is 14.5. The van der Waals surface area contributed by atoms with Crippen LogP contribution in [0.25, 0.3) is 0 Å². The van der Waals surface area contributed by atoms with Gasteiger partial charge in [0.25, 0.3) is 0 Å². The minimum atomic E-state index is 0.437. The van der Waals surface area contributed by atoms with Crippen LogP contribution in [0.15, 0.2) is 60.7 Å². The number of benzene rings is 2. The molecule has 0 spiro atoms. The standard InChI is InChI=1S/C15H17N.C2H6/c1-16-12-15(13-8-4-2-5-9-13)14-10-6-3-7-11-14;1-2/h2-11,15-16H,12H2,1H3;1-2H3. The van der Waals surface area contributed by atoms with E-state index in [-0.39, 0.29) is 0 Å². The van der Waals surface area contributed by atoms with Gasteiger partial charge < -0.3 is 5.32 Å². The number of likely N-dealkylation sites (N-methyl/N-ethyl adjacent to an activating group) is 1. The summed E-state index contributed by atoms with van der Waals surface area (Å²) < 4.78 is 0. The van der Waals surface area contributed by atoms with Crippen LogP contribution in [0.1, 0.15) is 30.9 Å². The molecule has 96 valence electrons. The first-order valence-electron chi connectivity index (χ1n) is 6.66. The Bertz CT molecular complexity index is 369. The maximum Gasteiger partial charge on any atom is 0.0214 e. The molecule has 0 fully saturated rings. The van der Waals surface area contributed by atoms with Crippen molar-refractivity contribution < 1.29 is 0 Å². The average Bonchev–Trinajstić information content (AvgIpc) is 2.49. The van der Waals surface area contributed by atoms with E-state index in [0.29, 0.717) is 5.92 Å².